The fraction of sp³-hybridized carbons (Fsp3) is 0.231. The Morgan fingerprint density at radius 2 is 1.94 bits per heavy atom. The number of aromatic nitrogens is 2. The van der Waals surface area contributed by atoms with Gasteiger partial charge in [0.2, 0.25) is 0 Å². The van der Waals surface area contributed by atoms with E-state index >= 15 is 0 Å². The Bertz CT molecular complexity index is 483. The fourth-order valence-corrected chi connectivity index (χ4v) is 1.93. The summed E-state index contributed by atoms with van der Waals surface area (Å²) in [6, 6.07) is 7.88. The molecule has 0 aliphatic rings. The molecule has 2 aromatic rings. The van der Waals surface area contributed by atoms with Crippen molar-refractivity contribution < 1.29 is 5.11 Å². The van der Waals surface area contributed by atoms with Gasteiger partial charge in [-0.25, -0.2) is 0 Å². The summed E-state index contributed by atoms with van der Waals surface area (Å²) in [6.45, 7) is 1.75. The molecule has 0 fully saturated rings. The molecule has 2 rings (SSSR count). The molecule has 3 nitrogen and oxygen atoms in total. The quantitative estimate of drug-likeness (QED) is 0.946. The Morgan fingerprint density at radius 3 is 2.53 bits per heavy atom. The van der Waals surface area contributed by atoms with Gasteiger partial charge in [0.25, 0.3) is 0 Å². The highest BCUT2D eigenvalue weighted by Crippen LogP contribution is 2.23. The van der Waals surface area contributed by atoms with Gasteiger partial charge < -0.3 is 5.11 Å². The van der Waals surface area contributed by atoms with Gasteiger partial charge in [-0.05, 0) is 24.6 Å². The SMILES string of the molecule is CC(O)(Cc1ccc(Br)cc1)c1cnccn1. The second-order valence-corrected chi connectivity index (χ2v) is 5.08. The first kappa shape index (κ1) is 12.2. The van der Waals surface area contributed by atoms with Crippen molar-refractivity contribution in [1.29, 1.82) is 0 Å². The highest BCUT2D eigenvalue weighted by Gasteiger charge is 2.25. The van der Waals surface area contributed by atoms with Crippen LogP contribution < -0.4 is 0 Å². The van der Waals surface area contributed by atoms with Crippen molar-refractivity contribution >= 4 is 15.9 Å². The third kappa shape index (κ3) is 3.11. The van der Waals surface area contributed by atoms with Gasteiger partial charge in [0.1, 0.15) is 5.60 Å². The van der Waals surface area contributed by atoms with Crippen LogP contribution in [0.2, 0.25) is 0 Å². The van der Waals surface area contributed by atoms with Crippen LogP contribution in [0.1, 0.15) is 18.2 Å². The summed E-state index contributed by atoms with van der Waals surface area (Å²) in [5.41, 5.74) is 0.647. The maximum absolute atomic E-state index is 10.4. The minimum atomic E-state index is -0.998. The van der Waals surface area contributed by atoms with Gasteiger partial charge in [-0.1, -0.05) is 28.1 Å². The number of hydrogen-bond acceptors (Lipinski definition) is 3. The lowest BCUT2D eigenvalue weighted by molar-refractivity contribution is 0.0526. The van der Waals surface area contributed by atoms with E-state index in [1.807, 2.05) is 24.3 Å². The molecule has 1 aromatic heterocycles. The smallest absolute Gasteiger partial charge is 0.109 e. The van der Waals surface area contributed by atoms with E-state index in [0.717, 1.165) is 10.0 Å². The van der Waals surface area contributed by atoms with Gasteiger partial charge >= 0.3 is 0 Å². The van der Waals surface area contributed by atoms with Crippen molar-refractivity contribution in [2.45, 2.75) is 18.9 Å². The first-order chi connectivity index (χ1) is 8.08. The molecular formula is C13H13BrN2O. The lowest BCUT2D eigenvalue weighted by Gasteiger charge is -2.22. The summed E-state index contributed by atoms with van der Waals surface area (Å²) in [7, 11) is 0. The molecule has 0 amide bonds. The van der Waals surface area contributed by atoms with E-state index in [4.69, 9.17) is 0 Å². The average molecular weight is 293 g/mol. The maximum Gasteiger partial charge on any atom is 0.109 e. The Balaban J connectivity index is 2.20. The number of aliphatic hydroxyl groups is 1. The Labute approximate surface area is 109 Å². The number of rotatable bonds is 3. The van der Waals surface area contributed by atoms with Gasteiger partial charge in [-0.15, -0.1) is 0 Å². The third-order valence-corrected chi connectivity index (χ3v) is 3.11. The monoisotopic (exact) mass is 292 g/mol. The van der Waals surface area contributed by atoms with Crippen LogP contribution in [0, 0.1) is 0 Å². The van der Waals surface area contributed by atoms with Crippen LogP contribution in [-0.4, -0.2) is 15.1 Å². The van der Waals surface area contributed by atoms with Crippen molar-refractivity contribution in [2.24, 2.45) is 0 Å². The summed E-state index contributed by atoms with van der Waals surface area (Å²) in [5, 5.41) is 10.4. The molecule has 0 aliphatic carbocycles. The van der Waals surface area contributed by atoms with Crippen LogP contribution >= 0.6 is 15.9 Å². The van der Waals surface area contributed by atoms with E-state index in [9.17, 15) is 5.11 Å². The minimum absolute atomic E-state index is 0.513. The molecule has 0 saturated heterocycles. The molecule has 0 bridgehead atoms. The third-order valence-electron chi connectivity index (χ3n) is 2.58. The summed E-state index contributed by atoms with van der Waals surface area (Å²) >= 11 is 3.39. The van der Waals surface area contributed by atoms with E-state index in [1.165, 1.54) is 0 Å². The van der Waals surface area contributed by atoms with Crippen LogP contribution in [0.4, 0.5) is 0 Å². The van der Waals surface area contributed by atoms with Gasteiger partial charge in [-0.3, -0.25) is 9.97 Å². The van der Waals surface area contributed by atoms with E-state index in [1.54, 1.807) is 25.5 Å². The molecule has 0 radical (unpaired) electrons. The molecule has 17 heavy (non-hydrogen) atoms. The summed E-state index contributed by atoms with van der Waals surface area (Å²) < 4.78 is 1.03. The molecule has 1 aromatic carbocycles. The van der Waals surface area contributed by atoms with Crippen molar-refractivity contribution in [2.75, 3.05) is 0 Å². The average Bonchev–Trinajstić information content (AvgIpc) is 2.33. The Hall–Kier alpha value is -1.26. The predicted molar refractivity (Wildman–Crippen MR) is 69.4 cm³/mol. The zero-order valence-electron chi connectivity index (χ0n) is 9.47. The highest BCUT2D eigenvalue weighted by atomic mass is 79.9. The van der Waals surface area contributed by atoms with Crippen molar-refractivity contribution in [3.05, 3.63) is 58.6 Å². The van der Waals surface area contributed by atoms with Crippen LogP contribution in [-0.2, 0) is 12.0 Å². The largest absolute Gasteiger partial charge is 0.383 e. The molecular weight excluding hydrogens is 280 g/mol. The fourth-order valence-electron chi connectivity index (χ4n) is 1.67. The molecule has 1 N–H and O–H groups in total. The lowest BCUT2D eigenvalue weighted by atomic mass is 9.93. The predicted octanol–water partition coefficient (Wildman–Crippen LogP) is 2.69. The molecule has 1 atom stereocenters. The summed E-state index contributed by atoms with van der Waals surface area (Å²) in [4.78, 5) is 8.12. The molecule has 1 unspecified atom stereocenters. The Morgan fingerprint density at radius 1 is 1.24 bits per heavy atom. The first-order valence-electron chi connectivity index (χ1n) is 5.31. The standard InChI is InChI=1S/C13H13BrN2O/c1-13(17,12-9-15-6-7-16-12)8-10-2-4-11(14)5-3-10/h2-7,9,17H,8H2,1H3. The number of halogens is 1. The lowest BCUT2D eigenvalue weighted by Crippen LogP contribution is -2.25. The van der Waals surface area contributed by atoms with Crippen LogP contribution in [0.25, 0.3) is 0 Å². The van der Waals surface area contributed by atoms with Gasteiger partial charge in [-0.2, -0.15) is 0 Å². The van der Waals surface area contributed by atoms with E-state index in [2.05, 4.69) is 25.9 Å². The van der Waals surface area contributed by atoms with Crippen molar-refractivity contribution in [3.63, 3.8) is 0 Å². The maximum atomic E-state index is 10.4. The topological polar surface area (TPSA) is 46.0 Å². The summed E-state index contributed by atoms with van der Waals surface area (Å²) in [6.07, 6.45) is 5.29. The molecule has 0 spiro atoms. The van der Waals surface area contributed by atoms with E-state index in [0.29, 0.717) is 12.1 Å². The van der Waals surface area contributed by atoms with Crippen LogP contribution in [0.15, 0.2) is 47.3 Å². The normalized spacial score (nSPS) is 14.3. The van der Waals surface area contributed by atoms with Crippen molar-refractivity contribution in [3.8, 4) is 0 Å². The number of nitrogens with zero attached hydrogens (tertiary/aromatic N) is 2. The van der Waals surface area contributed by atoms with Gasteiger partial charge in [0, 0.05) is 23.3 Å². The minimum Gasteiger partial charge on any atom is -0.383 e. The molecule has 1 heterocycles. The van der Waals surface area contributed by atoms with E-state index in [-0.39, 0.29) is 0 Å². The van der Waals surface area contributed by atoms with Gasteiger partial charge in [0.15, 0.2) is 0 Å². The zero-order valence-corrected chi connectivity index (χ0v) is 11.1. The van der Waals surface area contributed by atoms with Crippen LogP contribution in [0.3, 0.4) is 0 Å². The molecule has 88 valence electrons. The molecule has 0 saturated carbocycles. The molecule has 0 aliphatic heterocycles. The van der Waals surface area contributed by atoms with Crippen molar-refractivity contribution in [1.82, 2.24) is 9.97 Å². The van der Waals surface area contributed by atoms with Crippen LogP contribution in [0.5, 0.6) is 0 Å². The second kappa shape index (κ2) is 4.94. The van der Waals surface area contributed by atoms with Gasteiger partial charge in [0.05, 0.1) is 11.9 Å². The zero-order chi connectivity index (χ0) is 12.3. The summed E-state index contributed by atoms with van der Waals surface area (Å²) in [5.74, 6) is 0. The highest BCUT2D eigenvalue weighted by molar-refractivity contribution is 9.10. The second-order valence-electron chi connectivity index (χ2n) is 4.17. The Kier molecular flexibility index (Phi) is 3.54. The molecule has 4 heteroatoms. The number of hydrogen-bond donors (Lipinski definition) is 1. The first-order valence-corrected chi connectivity index (χ1v) is 6.10. The number of benzene rings is 1. The van der Waals surface area contributed by atoms with E-state index < -0.39 is 5.60 Å².